The van der Waals surface area contributed by atoms with Crippen molar-refractivity contribution in [2.75, 3.05) is 5.32 Å². The zero-order chi connectivity index (χ0) is 17.3. The van der Waals surface area contributed by atoms with Gasteiger partial charge in [0.2, 0.25) is 0 Å². The van der Waals surface area contributed by atoms with Gasteiger partial charge < -0.3 is 9.74 Å². The molecule has 0 saturated heterocycles. The molecule has 0 spiro atoms. The monoisotopic (exact) mass is 357 g/mol. The predicted octanol–water partition coefficient (Wildman–Crippen LogP) is 6.22. The number of halogens is 2. The molecule has 0 aliphatic heterocycles. The molecular weight excluding hydrogens is 329 g/mol. The molecule has 1 N–H and O–H groups in total. The Bertz CT molecular complexity index is 524. The Balaban J connectivity index is 2.12. The van der Waals surface area contributed by atoms with Gasteiger partial charge in [0.15, 0.2) is 8.32 Å². The van der Waals surface area contributed by atoms with Crippen LogP contribution >= 0.6 is 11.6 Å². The van der Waals surface area contributed by atoms with Gasteiger partial charge in [-0.15, -0.1) is 0 Å². The van der Waals surface area contributed by atoms with Gasteiger partial charge in [-0.2, -0.15) is 0 Å². The van der Waals surface area contributed by atoms with Crippen LogP contribution in [-0.2, 0) is 4.43 Å². The van der Waals surface area contributed by atoms with Crippen molar-refractivity contribution in [2.45, 2.75) is 76.7 Å². The van der Waals surface area contributed by atoms with E-state index < -0.39 is 8.32 Å². The molecule has 2 rings (SSSR count). The Labute approximate surface area is 145 Å². The third-order valence-electron chi connectivity index (χ3n) is 5.17. The second kappa shape index (κ2) is 7.12. The minimum absolute atomic E-state index is 0.187. The standard InChI is InChI=1S/C18H29ClFNOSi/c1-18(2,3)23(4,5)22-17-9-7-6-8-16(17)21-15-11-13(19)10-14(20)12-15/h10-12,16-17,21H,6-9H2,1-5H3/t16-,17+/m1/s1. The van der Waals surface area contributed by atoms with Crippen molar-refractivity contribution < 1.29 is 8.82 Å². The van der Waals surface area contributed by atoms with Gasteiger partial charge in [-0.3, -0.25) is 0 Å². The van der Waals surface area contributed by atoms with Crippen LogP contribution in [0.3, 0.4) is 0 Å². The molecule has 1 saturated carbocycles. The van der Waals surface area contributed by atoms with E-state index in [9.17, 15) is 4.39 Å². The van der Waals surface area contributed by atoms with Crippen molar-refractivity contribution >= 4 is 25.6 Å². The van der Waals surface area contributed by atoms with E-state index >= 15 is 0 Å². The highest BCUT2D eigenvalue weighted by atomic mass is 35.5. The van der Waals surface area contributed by atoms with Gasteiger partial charge in [0.25, 0.3) is 0 Å². The zero-order valence-corrected chi connectivity index (χ0v) is 16.6. The number of nitrogens with one attached hydrogen (secondary N) is 1. The van der Waals surface area contributed by atoms with Gasteiger partial charge in [-0.05, 0) is 49.2 Å². The molecule has 1 aliphatic rings. The van der Waals surface area contributed by atoms with Gasteiger partial charge in [0.1, 0.15) is 5.82 Å². The average molecular weight is 358 g/mol. The summed E-state index contributed by atoms with van der Waals surface area (Å²) < 4.78 is 20.2. The summed E-state index contributed by atoms with van der Waals surface area (Å²) in [6.45, 7) is 11.4. The van der Waals surface area contributed by atoms with E-state index in [-0.39, 0.29) is 23.0 Å². The summed E-state index contributed by atoms with van der Waals surface area (Å²) in [5.41, 5.74) is 0.741. The number of hydrogen-bond donors (Lipinski definition) is 1. The van der Waals surface area contributed by atoms with Gasteiger partial charge in [-0.1, -0.05) is 45.2 Å². The van der Waals surface area contributed by atoms with E-state index in [1.807, 2.05) is 0 Å². The van der Waals surface area contributed by atoms with Gasteiger partial charge in [0.05, 0.1) is 12.1 Å². The fourth-order valence-electron chi connectivity index (χ4n) is 2.81. The van der Waals surface area contributed by atoms with E-state index in [0.29, 0.717) is 5.02 Å². The van der Waals surface area contributed by atoms with Crippen LogP contribution in [0, 0.1) is 5.82 Å². The first-order valence-electron chi connectivity index (χ1n) is 8.49. The molecule has 130 valence electrons. The minimum atomic E-state index is -1.81. The summed E-state index contributed by atoms with van der Waals surface area (Å²) in [5, 5.41) is 4.07. The molecule has 1 aliphatic carbocycles. The van der Waals surface area contributed by atoms with Crippen LogP contribution in [0.2, 0.25) is 23.2 Å². The molecule has 0 amide bonds. The quantitative estimate of drug-likeness (QED) is 0.645. The molecule has 1 aromatic rings. The van der Waals surface area contributed by atoms with Crippen molar-refractivity contribution in [3.05, 3.63) is 29.0 Å². The first-order chi connectivity index (χ1) is 10.6. The lowest BCUT2D eigenvalue weighted by molar-refractivity contribution is 0.124. The summed E-state index contributed by atoms with van der Waals surface area (Å²) in [6, 6.07) is 4.83. The number of rotatable bonds is 4. The van der Waals surface area contributed by atoms with Crippen molar-refractivity contribution in [3.63, 3.8) is 0 Å². The number of benzene rings is 1. The summed E-state index contributed by atoms with van der Waals surface area (Å²) in [6.07, 6.45) is 4.67. The van der Waals surface area contributed by atoms with Crippen LogP contribution in [0.5, 0.6) is 0 Å². The lowest BCUT2D eigenvalue weighted by Gasteiger charge is -2.43. The van der Waals surface area contributed by atoms with Crippen LogP contribution in [0.15, 0.2) is 18.2 Å². The lowest BCUT2D eigenvalue weighted by atomic mass is 9.92. The summed E-state index contributed by atoms with van der Waals surface area (Å²) >= 11 is 5.97. The van der Waals surface area contributed by atoms with Gasteiger partial charge in [-0.25, -0.2) is 4.39 Å². The average Bonchev–Trinajstić information content (AvgIpc) is 2.38. The molecule has 5 heteroatoms. The zero-order valence-electron chi connectivity index (χ0n) is 14.9. The number of hydrogen-bond acceptors (Lipinski definition) is 2. The van der Waals surface area contributed by atoms with E-state index in [4.69, 9.17) is 16.0 Å². The van der Waals surface area contributed by atoms with Gasteiger partial charge in [0, 0.05) is 10.7 Å². The summed E-state index contributed by atoms with van der Waals surface area (Å²) in [4.78, 5) is 0. The smallest absolute Gasteiger partial charge is 0.192 e. The van der Waals surface area contributed by atoms with Crippen LogP contribution < -0.4 is 5.32 Å². The molecule has 1 aromatic carbocycles. The molecule has 0 heterocycles. The third kappa shape index (κ3) is 4.94. The molecule has 0 bridgehead atoms. The summed E-state index contributed by atoms with van der Waals surface area (Å²) in [7, 11) is -1.81. The third-order valence-corrected chi connectivity index (χ3v) is 9.89. The van der Waals surface area contributed by atoms with E-state index in [0.717, 1.165) is 18.5 Å². The predicted molar refractivity (Wildman–Crippen MR) is 99.4 cm³/mol. The fourth-order valence-corrected chi connectivity index (χ4v) is 4.42. The second-order valence-corrected chi connectivity index (χ2v) is 13.3. The van der Waals surface area contributed by atoms with E-state index in [1.54, 1.807) is 6.07 Å². The maximum absolute atomic E-state index is 13.6. The molecular formula is C18H29ClFNOSi. The van der Waals surface area contributed by atoms with E-state index in [2.05, 4.69) is 39.2 Å². The SMILES string of the molecule is CC(C)(C)[Si](C)(C)O[C@H]1CCCC[C@H]1Nc1cc(F)cc(Cl)c1. The molecule has 0 aromatic heterocycles. The Morgan fingerprint density at radius 3 is 2.43 bits per heavy atom. The molecule has 2 nitrogen and oxygen atoms in total. The molecule has 0 radical (unpaired) electrons. The fraction of sp³-hybridized carbons (Fsp3) is 0.667. The lowest BCUT2D eigenvalue weighted by Crippen LogP contribution is -2.49. The normalized spacial score (nSPS) is 22.9. The number of anilines is 1. The first kappa shape index (κ1) is 18.8. The topological polar surface area (TPSA) is 21.3 Å². The Morgan fingerprint density at radius 1 is 1.17 bits per heavy atom. The maximum atomic E-state index is 13.6. The molecule has 2 atom stereocenters. The van der Waals surface area contributed by atoms with Crippen LogP contribution in [-0.4, -0.2) is 20.5 Å². The minimum Gasteiger partial charge on any atom is -0.412 e. The highest BCUT2D eigenvalue weighted by Crippen LogP contribution is 2.39. The maximum Gasteiger partial charge on any atom is 0.192 e. The molecule has 1 fully saturated rings. The molecule has 23 heavy (non-hydrogen) atoms. The van der Waals surface area contributed by atoms with Crippen LogP contribution in [0.4, 0.5) is 10.1 Å². The Morgan fingerprint density at radius 2 is 1.83 bits per heavy atom. The van der Waals surface area contributed by atoms with Crippen LogP contribution in [0.25, 0.3) is 0 Å². The highest BCUT2D eigenvalue weighted by Gasteiger charge is 2.41. The highest BCUT2D eigenvalue weighted by molar-refractivity contribution is 6.74. The Hall–Kier alpha value is -0.583. The van der Waals surface area contributed by atoms with Crippen molar-refractivity contribution in [1.29, 1.82) is 0 Å². The Kier molecular flexibility index (Phi) is 5.80. The largest absolute Gasteiger partial charge is 0.412 e. The first-order valence-corrected chi connectivity index (χ1v) is 11.8. The van der Waals surface area contributed by atoms with Crippen molar-refractivity contribution in [3.8, 4) is 0 Å². The van der Waals surface area contributed by atoms with Gasteiger partial charge >= 0.3 is 0 Å². The molecule has 0 unspecified atom stereocenters. The van der Waals surface area contributed by atoms with Crippen LogP contribution in [0.1, 0.15) is 46.5 Å². The van der Waals surface area contributed by atoms with Crippen molar-refractivity contribution in [2.24, 2.45) is 0 Å². The second-order valence-electron chi connectivity index (χ2n) is 8.11. The van der Waals surface area contributed by atoms with Crippen molar-refractivity contribution in [1.82, 2.24) is 0 Å². The van der Waals surface area contributed by atoms with E-state index in [1.165, 1.54) is 25.0 Å². The summed E-state index contributed by atoms with van der Waals surface area (Å²) in [5.74, 6) is -0.308.